The van der Waals surface area contributed by atoms with Crippen LogP contribution in [0.4, 0.5) is 0 Å². The molecule has 0 aliphatic heterocycles. The number of phenols is 1. The molecular weight excluding hydrogens is 500 g/mol. The van der Waals surface area contributed by atoms with Crippen molar-refractivity contribution in [2.75, 3.05) is 26.4 Å². The first-order valence-corrected chi connectivity index (χ1v) is 15.4. The van der Waals surface area contributed by atoms with Gasteiger partial charge < -0.3 is 23.7 Å². The van der Waals surface area contributed by atoms with Crippen molar-refractivity contribution in [2.45, 2.75) is 72.3 Å². The Morgan fingerprint density at radius 2 is 1.55 bits per heavy atom. The highest BCUT2D eigenvalue weighted by Crippen LogP contribution is 2.38. The fraction of sp³-hybridized carbons (Fsp3) is 0.536. The molecule has 1 heterocycles. The second-order valence-electron chi connectivity index (χ2n) is 10.1. The molecule has 208 valence electrons. The minimum atomic E-state index is -2.71. The molecule has 0 unspecified atom stereocenters. The minimum absolute atomic E-state index is 0.0371. The van der Waals surface area contributed by atoms with Crippen molar-refractivity contribution in [1.82, 2.24) is 20.3 Å². The van der Waals surface area contributed by atoms with Crippen LogP contribution in [0, 0.1) is 0 Å². The lowest BCUT2D eigenvalue weighted by molar-refractivity contribution is -0.121. The number of aromatic hydroxyl groups is 1. The average molecular weight is 543 g/mol. The monoisotopic (exact) mass is 542 g/mol. The van der Waals surface area contributed by atoms with Crippen LogP contribution < -0.4 is 5.32 Å². The highest BCUT2D eigenvalue weighted by Gasteiger charge is 2.39. The Kier molecular flexibility index (Phi) is 10.4. The van der Waals surface area contributed by atoms with E-state index in [9.17, 15) is 9.90 Å². The molecule has 9 nitrogen and oxygen atoms in total. The van der Waals surface area contributed by atoms with Gasteiger partial charge in [0.05, 0.1) is 0 Å². The molecule has 1 amide bonds. The number of aromatic nitrogens is 3. The summed E-state index contributed by atoms with van der Waals surface area (Å²) in [6.45, 7) is 14.1. The van der Waals surface area contributed by atoms with E-state index in [2.05, 4.69) is 15.5 Å². The molecule has 0 radical (unpaired) electrons. The Morgan fingerprint density at radius 1 is 0.974 bits per heavy atom. The Hall–Kier alpha value is -2.79. The third kappa shape index (κ3) is 7.40. The van der Waals surface area contributed by atoms with Gasteiger partial charge in [-0.05, 0) is 62.8 Å². The smallest absolute Gasteiger partial charge is 0.500 e. The quantitative estimate of drug-likeness (QED) is 0.220. The lowest BCUT2D eigenvalue weighted by Crippen LogP contribution is -2.46. The van der Waals surface area contributed by atoms with Crippen molar-refractivity contribution in [2.24, 2.45) is 0 Å². The number of fused-ring (bicyclic) bond motifs is 1. The number of nitrogens with one attached hydrogen (secondary N) is 1. The maximum absolute atomic E-state index is 12.7. The molecule has 2 N–H and O–H groups in total. The number of phenolic OH excluding ortho intramolecular Hbond substituents is 1. The zero-order valence-corrected chi connectivity index (χ0v) is 24.5. The minimum Gasteiger partial charge on any atom is -0.505 e. The van der Waals surface area contributed by atoms with Crippen LogP contribution in [0.5, 0.6) is 5.75 Å². The summed E-state index contributed by atoms with van der Waals surface area (Å²) in [5.74, 6) is 0.102. The summed E-state index contributed by atoms with van der Waals surface area (Å²) in [5, 5.41) is 23.3. The molecular formula is C28H42N4O5Si. The van der Waals surface area contributed by atoms with Gasteiger partial charge in [-0.2, -0.15) is 0 Å². The van der Waals surface area contributed by atoms with Crippen molar-refractivity contribution < 1.29 is 23.2 Å². The number of benzene rings is 2. The largest absolute Gasteiger partial charge is 0.505 e. The molecule has 0 bridgehead atoms. The average Bonchev–Trinajstić information content (AvgIpc) is 3.29. The van der Waals surface area contributed by atoms with E-state index in [1.807, 2.05) is 77.9 Å². The van der Waals surface area contributed by atoms with Crippen LogP contribution >= 0.6 is 0 Å². The predicted molar refractivity (Wildman–Crippen MR) is 151 cm³/mol. The molecule has 0 fully saturated rings. The van der Waals surface area contributed by atoms with Gasteiger partial charge in [-0.3, -0.25) is 4.79 Å². The third-order valence-electron chi connectivity index (χ3n) is 6.19. The van der Waals surface area contributed by atoms with E-state index >= 15 is 0 Å². The van der Waals surface area contributed by atoms with Crippen LogP contribution in [0.3, 0.4) is 0 Å². The van der Waals surface area contributed by atoms with Crippen LogP contribution in [0.1, 0.15) is 65.5 Å². The van der Waals surface area contributed by atoms with E-state index in [1.165, 1.54) is 4.80 Å². The van der Waals surface area contributed by atoms with Crippen LogP contribution in [-0.2, 0) is 29.9 Å². The summed E-state index contributed by atoms with van der Waals surface area (Å²) in [7, 11) is -2.71. The van der Waals surface area contributed by atoms with Gasteiger partial charge >= 0.3 is 8.80 Å². The molecule has 3 aromatic rings. The predicted octanol–water partition coefficient (Wildman–Crippen LogP) is 4.91. The summed E-state index contributed by atoms with van der Waals surface area (Å²) >= 11 is 0. The number of nitrogens with zero attached hydrogens (tertiary/aromatic N) is 3. The van der Waals surface area contributed by atoms with Gasteiger partial charge in [-0.25, -0.2) is 0 Å². The second-order valence-corrected chi connectivity index (χ2v) is 12.9. The van der Waals surface area contributed by atoms with E-state index in [0.29, 0.717) is 57.4 Å². The molecule has 0 aliphatic rings. The van der Waals surface area contributed by atoms with Gasteiger partial charge in [0.15, 0.2) is 0 Å². The molecule has 3 rings (SSSR count). The van der Waals surface area contributed by atoms with Gasteiger partial charge in [-0.1, -0.05) is 39.0 Å². The summed E-state index contributed by atoms with van der Waals surface area (Å²) in [5.41, 5.74) is 3.42. The molecule has 0 aliphatic carbocycles. The SMILES string of the molecule is CCO[Si](CCCNC(=O)CCc1ccc(-n2nc3ccccc3n2)c(O)c1C(C)(C)C)(OCC)OCC. The summed E-state index contributed by atoms with van der Waals surface area (Å²) in [6, 6.07) is 12.0. The summed E-state index contributed by atoms with van der Waals surface area (Å²) < 4.78 is 17.7. The zero-order chi connectivity index (χ0) is 27.8. The maximum atomic E-state index is 12.7. The Balaban J connectivity index is 1.65. The highest BCUT2D eigenvalue weighted by atomic mass is 28.4. The van der Waals surface area contributed by atoms with Crippen molar-refractivity contribution in [3.05, 3.63) is 47.5 Å². The standard InChI is InChI=1S/C28H42N4O5Si/c1-7-35-38(36-8-2,37-9-3)20-12-19-29-25(33)18-16-21-15-17-24(27(34)26(21)28(4,5)6)32-30-22-13-10-11-14-23(22)31-32/h10-11,13-15,17,34H,7-9,12,16,18-20H2,1-6H3,(H,29,33). The molecule has 0 saturated carbocycles. The normalized spacial score (nSPS) is 12.3. The van der Waals surface area contributed by atoms with Crippen LogP contribution in [-0.4, -0.2) is 61.2 Å². The number of rotatable bonds is 14. The topological polar surface area (TPSA) is 108 Å². The van der Waals surface area contributed by atoms with Crippen LogP contribution in [0.15, 0.2) is 36.4 Å². The summed E-state index contributed by atoms with van der Waals surface area (Å²) in [4.78, 5) is 14.1. The van der Waals surface area contributed by atoms with Crippen molar-refractivity contribution >= 4 is 25.7 Å². The van der Waals surface area contributed by atoms with Gasteiger partial charge in [0.1, 0.15) is 22.5 Å². The number of hydrogen-bond donors (Lipinski definition) is 2. The van der Waals surface area contributed by atoms with E-state index in [4.69, 9.17) is 13.3 Å². The van der Waals surface area contributed by atoms with Gasteiger partial charge in [-0.15, -0.1) is 15.0 Å². The van der Waals surface area contributed by atoms with E-state index < -0.39 is 8.80 Å². The van der Waals surface area contributed by atoms with Gasteiger partial charge in [0, 0.05) is 44.4 Å². The molecule has 0 spiro atoms. The lowest BCUT2D eigenvalue weighted by Gasteiger charge is -2.28. The highest BCUT2D eigenvalue weighted by molar-refractivity contribution is 6.60. The van der Waals surface area contributed by atoms with Gasteiger partial charge in [0.2, 0.25) is 5.91 Å². The fourth-order valence-corrected chi connectivity index (χ4v) is 7.28. The first-order valence-electron chi connectivity index (χ1n) is 13.5. The van der Waals surface area contributed by atoms with E-state index in [-0.39, 0.29) is 17.1 Å². The number of carbonyl (C=O) groups is 1. The fourth-order valence-electron chi connectivity index (χ4n) is 4.67. The van der Waals surface area contributed by atoms with Crippen LogP contribution in [0.25, 0.3) is 16.7 Å². The molecule has 0 saturated heterocycles. The Bertz CT molecular complexity index is 1160. The number of carbonyl (C=O) groups excluding carboxylic acids is 1. The van der Waals surface area contributed by atoms with Crippen LogP contribution in [0.2, 0.25) is 6.04 Å². The van der Waals surface area contributed by atoms with Crippen molar-refractivity contribution in [3.63, 3.8) is 0 Å². The zero-order valence-electron chi connectivity index (χ0n) is 23.5. The Morgan fingerprint density at radius 3 is 2.08 bits per heavy atom. The second kappa shape index (κ2) is 13.3. The number of aryl methyl sites for hydroxylation is 1. The van der Waals surface area contributed by atoms with Gasteiger partial charge in [0.25, 0.3) is 0 Å². The number of amides is 1. The maximum Gasteiger partial charge on any atom is 0.500 e. The number of hydrogen-bond acceptors (Lipinski definition) is 7. The third-order valence-corrected chi connectivity index (χ3v) is 9.34. The first-order chi connectivity index (χ1) is 18.1. The van der Waals surface area contributed by atoms with Crippen molar-refractivity contribution in [1.29, 1.82) is 0 Å². The first kappa shape index (κ1) is 29.8. The molecule has 10 heteroatoms. The summed E-state index contributed by atoms with van der Waals surface area (Å²) in [6.07, 6.45) is 1.54. The molecule has 0 atom stereocenters. The Labute approximate surface area is 226 Å². The lowest BCUT2D eigenvalue weighted by atomic mass is 9.81. The molecule has 2 aromatic carbocycles. The molecule has 1 aromatic heterocycles. The van der Waals surface area contributed by atoms with Crippen molar-refractivity contribution in [3.8, 4) is 11.4 Å². The molecule has 38 heavy (non-hydrogen) atoms. The van der Waals surface area contributed by atoms with E-state index in [0.717, 1.165) is 22.2 Å². The van der Waals surface area contributed by atoms with E-state index in [1.54, 1.807) is 0 Å².